The standard InChI is InChI=1S/C33H36ClN5O/c1-40-21-20-39-18-16-38(17-19-39)15-14-24-6-12-28(13-7-24)36-33-35-23-26-22-31(25-8-10-27(34)11-9-25)29-4-2-3-5-30(29)32(26)37-33/h2-13,23,31H,14-22H2,1H3,(H,35,36,37)/t31-/m0/s1. The fourth-order valence-electron chi connectivity index (χ4n) is 5.82. The molecular weight excluding hydrogens is 518 g/mol. The fraction of sp³-hybridized carbons (Fsp3) is 0.333. The molecule has 0 radical (unpaired) electrons. The summed E-state index contributed by atoms with van der Waals surface area (Å²) in [7, 11) is 1.77. The van der Waals surface area contributed by atoms with Crippen molar-refractivity contribution < 1.29 is 4.74 Å². The molecule has 1 aliphatic carbocycles. The number of anilines is 2. The number of hydrogen-bond acceptors (Lipinski definition) is 6. The third kappa shape index (κ3) is 6.21. The topological polar surface area (TPSA) is 53.5 Å². The maximum absolute atomic E-state index is 6.16. The molecule has 6 rings (SSSR count). The summed E-state index contributed by atoms with van der Waals surface area (Å²) in [6.45, 7) is 7.44. The zero-order valence-corrected chi connectivity index (χ0v) is 23.8. The van der Waals surface area contributed by atoms with Crippen LogP contribution in [0, 0.1) is 0 Å². The van der Waals surface area contributed by atoms with Crippen LogP contribution in [0.5, 0.6) is 0 Å². The first-order valence-electron chi connectivity index (χ1n) is 14.2. The summed E-state index contributed by atoms with van der Waals surface area (Å²) in [6.07, 6.45) is 3.90. The minimum atomic E-state index is 0.260. The van der Waals surface area contributed by atoms with E-state index in [4.69, 9.17) is 21.3 Å². The summed E-state index contributed by atoms with van der Waals surface area (Å²) in [5.74, 6) is 0.882. The average Bonchev–Trinajstić information content (AvgIpc) is 3.00. The van der Waals surface area contributed by atoms with Crippen LogP contribution in [0.3, 0.4) is 0 Å². The van der Waals surface area contributed by atoms with E-state index in [0.717, 1.165) is 75.1 Å². The van der Waals surface area contributed by atoms with Crippen molar-refractivity contribution in [2.45, 2.75) is 18.8 Å². The Bertz CT molecular complexity index is 1420. The quantitative estimate of drug-likeness (QED) is 0.273. The van der Waals surface area contributed by atoms with Crippen LogP contribution in [0.4, 0.5) is 11.6 Å². The maximum atomic E-state index is 6.16. The number of benzene rings is 3. The van der Waals surface area contributed by atoms with Crippen molar-refractivity contribution in [1.82, 2.24) is 19.8 Å². The SMILES string of the molecule is COCCN1CCN(CCc2ccc(Nc3ncc4c(n3)-c3ccccc3[C@H](c3ccc(Cl)cc3)C4)cc2)CC1. The molecule has 1 fully saturated rings. The van der Waals surface area contributed by atoms with Gasteiger partial charge in [0.15, 0.2) is 0 Å². The number of rotatable bonds is 9. The summed E-state index contributed by atoms with van der Waals surface area (Å²) < 4.78 is 5.21. The maximum Gasteiger partial charge on any atom is 0.227 e. The number of halogens is 1. The smallest absolute Gasteiger partial charge is 0.227 e. The lowest BCUT2D eigenvalue weighted by Gasteiger charge is -2.34. The van der Waals surface area contributed by atoms with E-state index in [9.17, 15) is 0 Å². The number of hydrogen-bond donors (Lipinski definition) is 1. The zero-order chi connectivity index (χ0) is 27.3. The second-order valence-electron chi connectivity index (χ2n) is 10.7. The first-order valence-corrected chi connectivity index (χ1v) is 14.5. The molecule has 2 aliphatic rings. The number of aromatic nitrogens is 2. The first kappa shape index (κ1) is 26.9. The molecular formula is C33H36ClN5O. The van der Waals surface area contributed by atoms with Crippen LogP contribution in [0.2, 0.25) is 5.02 Å². The molecule has 0 bridgehead atoms. The van der Waals surface area contributed by atoms with Gasteiger partial charge >= 0.3 is 0 Å². The van der Waals surface area contributed by atoms with Gasteiger partial charge in [-0.05, 0) is 59.4 Å². The van der Waals surface area contributed by atoms with Crippen molar-refractivity contribution in [3.05, 3.63) is 106 Å². The molecule has 6 nitrogen and oxygen atoms in total. The van der Waals surface area contributed by atoms with Crippen molar-refractivity contribution in [1.29, 1.82) is 0 Å². The highest BCUT2D eigenvalue weighted by Crippen LogP contribution is 2.42. The Morgan fingerprint density at radius 2 is 1.62 bits per heavy atom. The summed E-state index contributed by atoms with van der Waals surface area (Å²) in [5, 5.41) is 4.18. The van der Waals surface area contributed by atoms with E-state index >= 15 is 0 Å². The molecule has 206 valence electrons. The highest BCUT2D eigenvalue weighted by Gasteiger charge is 2.27. The van der Waals surface area contributed by atoms with Gasteiger partial charge in [-0.2, -0.15) is 0 Å². The van der Waals surface area contributed by atoms with Gasteiger partial charge in [0.25, 0.3) is 0 Å². The number of fused-ring (bicyclic) bond motifs is 3. The molecule has 1 N–H and O–H groups in total. The number of nitrogens with zero attached hydrogens (tertiary/aromatic N) is 4. The molecule has 0 unspecified atom stereocenters. The second-order valence-corrected chi connectivity index (χ2v) is 11.1. The Labute approximate surface area is 242 Å². The van der Waals surface area contributed by atoms with Crippen LogP contribution in [0.1, 0.15) is 28.2 Å². The summed E-state index contributed by atoms with van der Waals surface area (Å²) in [4.78, 5) is 14.7. The normalized spacial score (nSPS) is 17.3. The predicted octanol–water partition coefficient (Wildman–Crippen LogP) is 6.04. The van der Waals surface area contributed by atoms with Gasteiger partial charge in [-0.3, -0.25) is 4.90 Å². The lowest BCUT2D eigenvalue weighted by atomic mass is 9.78. The van der Waals surface area contributed by atoms with Crippen LogP contribution < -0.4 is 5.32 Å². The largest absolute Gasteiger partial charge is 0.383 e. The monoisotopic (exact) mass is 553 g/mol. The van der Waals surface area contributed by atoms with Gasteiger partial charge in [0, 0.05) is 74.8 Å². The minimum absolute atomic E-state index is 0.260. The van der Waals surface area contributed by atoms with Gasteiger partial charge in [-0.15, -0.1) is 0 Å². The van der Waals surface area contributed by atoms with Gasteiger partial charge in [0.1, 0.15) is 0 Å². The molecule has 40 heavy (non-hydrogen) atoms. The fourth-order valence-corrected chi connectivity index (χ4v) is 5.94. The van der Waals surface area contributed by atoms with Crippen LogP contribution >= 0.6 is 11.6 Å². The molecule has 1 atom stereocenters. The van der Waals surface area contributed by atoms with Crippen LogP contribution in [0.15, 0.2) is 79.0 Å². The predicted molar refractivity (Wildman–Crippen MR) is 163 cm³/mol. The molecule has 0 saturated carbocycles. The van der Waals surface area contributed by atoms with E-state index in [-0.39, 0.29) is 5.92 Å². The Hall–Kier alpha value is -3.29. The van der Waals surface area contributed by atoms with E-state index in [1.54, 1.807) is 7.11 Å². The average molecular weight is 554 g/mol. The molecule has 0 amide bonds. The third-order valence-corrected chi connectivity index (χ3v) is 8.41. The van der Waals surface area contributed by atoms with E-state index in [2.05, 4.69) is 80.8 Å². The molecule has 1 aromatic heterocycles. The third-order valence-electron chi connectivity index (χ3n) is 8.16. The molecule has 7 heteroatoms. The van der Waals surface area contributed by atoms with Gasteiger partial charge in [0.05, 0.1) is 12.3 Å². The van der Waals surface area contributed by atoms with Gasteiger partial charge < -0.3 is 15.0 Å². The molecule has 4 aromatic rings. The highest BCUT2D eigenvalue weighted by atomic mass is 35.5. The second kappa shape index (κ2) is 12.5. The van der Waals surface area contributed by atoms with Gasteiger partial charge in [0.2, 0.25) is 5.95 Å². The molecule has 1 saturated heterocycles. The first-order chi connectivity index (χ1) is 19.7. The van der Waals surface area contributed by atoms with Crippen molar-refractivity contribution in [2.24, 2.45) is 0 Å². The van der Waals surface area contributed by atoms with E-state index < -0.39 is 0 Å². The van der Waals surface area contributed by atoms with Crippen molar-refractivity contribution in [2.75, 3.05) is 58.3 Å². The van der Waals surface area contributed by atoms with Gasteiger partial charge in [-0.1, -0.05) is 60.1 Å². The van der Waals surface area contributed by atoms with Crippen molar-refractivity contribution in [3.8, 4) is 11.3 Å². The summed E-state index contributed by atoms with van der Waals surface area (Å²) in [5.41, 5.74) is 8.25. The van der Waals surface area contributed by atoms with Crippen LogP contribution in [0.25, 0.3) is 11.3 Å². The highest BCUT2D eigenvalue weighted by molar-refractivity contribution is 6.30. The number of piperazine rings is 1. The van der Waals surface area contributed by atoms with E-state index in [0.29, 0.717) is 5.95 Å². The summed E-state index contributed by atoms with van der Waals surface area (Å²) in [6, 6.07) is 25.4. The minimum Gasteiger partial charge on any atom is -0.383 e. The summed E-state index contributed by atoms with van der Waals surface area (Å²) >= 11 is 6.16. The van der Waals surface area contributed by atoms with Crippen LogP contribution in [-0.4, -0.2) is 72.8 Å². The Balaban J connectivity index is 1.09. The van der Waals surface area contributed by atoms with Crippen LogP contribution in [-0.2, 0) is 17.6 Å². The zero-order valence-electron chi connectivity index (χ0n) is 23.0. The van der Waals surface area contributed by atoms with Gasteiger partial charge in [-0.25, -0.2) is 9.97 Å². The number of nitrogens with one attached hydrogen (secondary N) is 1. The van der Waals surface area contributed by atoms with E-state index in [1.165, 1.54) is 27.8 Å². The Morgan fingerprint density at radius 1 is 0.900 bits per heavy atom. The lowest BCUT2D eigenvalue weighted by molar-refractivity contribution is 0.0976. The van der Waals surface area contributed by atoms with Crippen molar-refractivity contribution >= 4 is 23.2 Å². The van der Waals surface area contributed by atoms with Crippen molar-refractivity contribution in [3.63, 3.8) is 0 Å². The van der Waals surface area contributed by atoms with E-state index in [1.807, 2.05) is 18.3 Å². The lowest BCUT2D eigenvalue weighted by Crippen LogP contribution is -2.47. The Morgan fingerprint density at radius 3 is 2.38 bits per heavy atom. The molecule has 1 aliphatic heterocycles. The number of ether oxygens (including phenoxy) is 1. The molecule has 3 aromatic carbocycles. The Kier molecular flexibility index (Phi) is 8.40. The number of methoxy groups -OCH3 is 1. The molecule has 0 spiro atoms. The molecule has 2 heterocycles.